The molecule has 1 saturated heterocycles. The third kappa shape index (κ3) is 1.96. The van der Waals surface area contributed by atoms with E-state index in [1.807, 2.05) is 4.90 Å². The van der Waals surface area contributed by atoms with Crippen LogP contribution >= 0.6 is 0 Å². The van der Waals surface area contributed by atoms with Crippen LogP contribution in [0.4, 0.5) is 10.2 Å². The standard InChI is InChI=1S/C14H14FN3O/c1-2-6-14(19)7-18(8-14)13-10-4-3-5-11(15)12(10)16-9-17-13/h2-5,9,19H,1,6-8H2. The number of aliphatic hydroxyl groups is 1. The number of β-amino-alcohol motifs (C(OH)–C–C–N with tert-alkyl or cyclic N) is 1. The number of aromatic nitrogens is 2. The van der Waals surface area contributed by atoms with E-state index in [9.17, 15) is 9.50 Å². The molecule has 98 valence electrons. The van der Waals surface area contributed by atoms with E-state index in [4.69, 9.17) is 0 Å². The number of anilines is 1. The lowest BCUT2D eigenvalue weighted by atomic mass is 9.90. The minimum absolute atomic E-state index is 0.312. The Morgan fingerprint density at radius 2 is 2.21 bits per heavy atom. The summed E-state index contributed by atoms with van der Waals surface area (Å²) in [7, 11) is 0. The third-order valence-corrected chi connectivity index (χ3v) is 3.39. The minimum Gasteiger partial charge on any atom is -0.386 e. The van der Waals surface area contributed by atoms with Gasteiger partial charge in [-0.25, -0.2) is 14.4 Å². The average Bonchev–Trinajstić information content (AvgIpc) is 2.36. The predicted molar refractivity (Wildman–Crippen MR) is 71.5 cm³/mol. The molecule has 0 amide bonds. The third-order valence-electron chi connectivity index (χ3n) is 3.39. The van der Waals surface area contributed by atoms with E-state index >= 15 is 0 Å². The smallest absolute Gasteiger partial charge is 0.149 e. The molecule has 0 radical (unpaired) electrons. The maximum atomic E-state index is 13.7. The van der Waals surface area contributed by atoms with Crippen molar-refractivity contribution >= 4 is 16.7 Å². The van der Waals surface area contributed by atoms with Crippen LogP contribution in [0.2, 0.25) is 0 Å². The van der Waals surface area contributed by atoms with E-state index in [1.165, 1.54) is 12.4 Å². The highest BCUT2D eigenvalue weighted by atomic mass is 19.1. The van der Waals surface area contributed by atoms with Crippen molar-refractivity contribution < 1.29 is 9.50 Å². The van der Waals surface area contributed by atoms with Gasteiger partial charge in [-0.05, 0) is 18.6 Å². The van der Waals surface area contributed by atoms with Gasteiger partial charge in [0.2, 0.25) is 0 Å². The molecule has 1 fully saturated rings. The summed E-state index contributed by atoms with van der Waals surface area (Å²) in [6.07, 6.45) is 3.60. The first-order valence-corrected chi connectivity index (χ1v) is 6.10. The van der Waals surface area contributed by atoms with Gasteiger partial charge in [0.05, 0.1) is 13.1 Å². The van der Waals surface area contributed by atoms with Gasteiger partial charge in [0.25, 0.3) is 0 Å². The molecule has 19 heavy (non-hydrogen) atoms. The molecule has 0 saturated carbocycles. The Kier molecular flexibility index (Phi) is 2.71. The zero-order valence-corrected chi connectivity index (χ0v) is 10.4. The second kappa shape index (κ2) is 4.28. The number of nitrogens with zero attached hydrogens (tertiary/aromatic N) is 3. The van der Waals surface area contributed by atoms with Crippen LogP contribution in [0.3, 0.4) is 0 Å². The summed E-state index contributed by atoms with van der Waals surface area (Å²) >= 11 is 0. The van der Waals surface area contributed by atoms with Crippen molar-refractivity contribution in [2.45, 2.75) is 12.0 Å². The van der Waals surface area contributed by atoms with Crippen LogP contribution < -0.4 is 4.90 Å². The summed E-state index contributed by atoms with van der Waals surface area (Å²) in [6, 6.07) is 4.81. The van der Waals surface area contributed by atoms with Crippen LogP contribution in [0.1, 0.15) is 6.42 Å². The molecular weight excluding hydrogens is 245 g/mol. The minimum atomic E-state index is -0.744. The molecular formula is C14H14FN3O. The predicted octanol–water partition coefficient (Wildman–Crippen LogP) is 1.90. The molecule has 0 aliphatic carbocycles. The second-order valence-corrected chi connectivity index (χ2v) is 4.91. The molecule has 0 spiro atoms. The zero-order chi connectivity index (χ0) is 13.5. The number of fused-ring (bicyclic) bond motifs is 1. The van der Waals surface area contributed by atoms with Crippen molar-refractivity contribution in [2.75, 3.05) is 18.0 Å². The largest absolute Gasteiger partial charge is 0.386 e. The lowest BCUT2D eigenvalue weighted by molar-refractivity contribution is 0.0148. The van der Waals surface area contributed by atoms with Crippen LogP contribution in [0.15, 0.2) is 37.2 Å². The fourth-order valence-corrected chi connectivity index (χ4v) is 2.50. The SMILES string of the molecule is C=CCC1(O)CN(c2ncnc3c(F)cccc23)C1. The van der Waals surface area contributed by atoms with Gasteiger partial charge in [-0.2, -0.15) is 0 Å². The van der Waals surface area contributed by atoms with Crippen LogP contribution in [0.5, 0.6) is 0 Å². The molecule has 3 rings (SSSR count). The van der Waals surface area contributed by atoms with Gasteiger partial charge in [0.15, 0.2) is 0 Å². The lowest BCUT2D eigenvalue weighted by Crippen LogP contribution is -2.62. The van der Waals surface area contributed by atoms with Crippen molar-refractivity contribution in [2.24, 2.45) is 0 Å². The molecule has 1 aliphatic rings. The van der Waals surface area contributed by atoms with Gasteiger partial charge in [0, 0.05) is 5.39 Å². The maximum absolute atomic E-state index is 13.7. The highest BCUT2D eigenvalue weighted by molar-refractivity contribution is 5.90. The lowest BCUT2D eigenvalue weighted by Gasteiger charge is -2.47. The topological polar surface area (TPSA) is 49.2 Å². The number of para-hydroxylation sites is 1. The molecule has 5 heteroatoms. The Morgan fingerprint density at radius 3 is 2.95 bits per heavy atom. The first-order valence-electron chi connectivity index (χ1n) is 6.10. The molecule has 2 aromatic rings. The van der Waals surface area contributed by atoms with Gasteiger partial charge in [-0.15, -0.1) is 6.58 Å². The first kappa shape index (κ1) is 12.0. The Balaban J connectivity index is 1.95. The van der Waals surface area contributed by atoms with Gasteiger partial charge < -0.3 is 10.0 Å². The normalized spacial score (nSPS) is 17.3. The van der Waals surface area contributed by atoms with Crippen LogP contribution in [0, 0.1) is 5.82 Å². The number of rotatable bonds is 3. The van der Waals surface area contributed by atoms with E-state index in [-0.39, 0.29) is 5.82 Å². The van der Waals surface area contributed by atoms with Crippen molar-refractivity contribution in [3.05, 3.63) is 43.0 Å². The second-order valence-electron chi connectivity index (χ2n) is 4.91. The highest BCUT2D eigenvalue weighted by Gasteiger charge is 2.41. The van der Waals surface area contributed by atoms with Gasteiger partial charge in [-0.3, -0.25) is 0 Å². The van der Waals surface area contributed by atoms with Crippen LogP contribution in [-0.4, -0.2) is 33.8 Å². The van der Waals surface area contributed by atoms with Crippen molar-refractivity contribution in [3.8, 4) is 0 Å². The van der Waals surface area contributed by atoms with Crippen molar-refractivity contribution in [1.29, 1.82) is 0 Å². The molecule has 1 aromatic heterocycles. The molecule has 2 heterocycles. The average molecular weight is 259 g/mol. The molecule has 1 aromatic carbocycles. The first-order chi connectivity index (χ1) is 9.13. The summed E-state index contributed by atoms with van der Waals surface area (Å²) in [4.78, 5) is 10.1. The molecule has 1 aliphatic heterocycles. The highest BCUT2D eigenvalue weighted by Crippen LogP contribution is 2.33. The summed E-state index contributed by atoms with van der Waals surface area (Å²) in [6.45, 7) is 4.58. The van der Waals surface area contributed by atoms with E-state index in [0.29, 0.717) is 36.2 Å². The van der Waals surface area contributed by atoms with Crippen molar-refractivity contribution in [3.63, 3.8) is 0 Å². The summed E-state index contributed by atoms with van der Waals surface area (Å²) < 4.78 is 13.7. The number of benzene rings is 1. The Labute approximate surface area is 110 Å². The van der Waals surface area contributed by atoms with Crippen LogP contribution in [-0.2, 0) is 0 Å². The fraction of sp³-hybridized carbons (Fsp3) is 0.286. The Morgan fingerprint density at radius 1 is 1.42 bits per heavy atom. The molecule has 0 atom stereocenters. The molecule has 1 N–H and O–H groups in total. The molecule has 0 unspecified atom stereocenters. The van der Waals surface area contributed by atoms with E-state index in [1.54, 1.807) is 18.2 Å². The van der Waals surface area contributed by atoms with Gasteiger partial charge in [0.1, 0.15) is 29.1 Å². The quantitative estimate of drug-likeness (QED) is 0.855. The number of halogens is 1. The summed E-state index contributed by atoms with van der Waals surface area (Å²) in [5.74, 6) is 0.307. The summed E-state index contributed by atoms with van der Waals surface area (Å²) in [5.41, 5.74) is -0.432. The fourth-order valence-electron chi connectivity index (χ4n) is 2.50. The van der Waals surface area contributed by atoms with Crippen LogP contribution in [0.25, 0.3) is 10.9 Å². The van der Waals surface area contributed by atoms with Gasteiger partial charge >= 0.3 is 0 Å². The van der Waals surface area contributed by atoms with Crippen molar-refractivity contribution in [1.82, 2.24) is 9.97 Å². The van der Waals surface area contributed by atoms with Gasteiger partial charge in [-0.1, -0.05) is 12.1 Å². The molecule has 4 nitrogen and oxygen atoms in total. The zero-order valence-electron chi connectivity index (χ0n) is 10.4. The number of hydrogen-bond acceptors (Lipinski definition) is 4. The maximum Gasteiger partial charge on any atom is 0.149 e. The monoisotopic (exact) mass is 259 g/mol. The number of hydrogen-bond donors (Lipinski definition) is 1. The molecule has 0 bridgehead atoms. The van der Waals surface area contributed by atoms with E-state index < -0.39 is 5.60 Å². The van der Waals surface area contributed by atoms with E-state index in [2.05, 4.69) is 16.5 Å². The summed E-state index contributed by atoms with van der Waals surface area (Å²) in [5, 5.41) is 10.8. The Hall–Kier alpha value is -2.01. The Bertz CT molecular complexity index is 638. The van der Waals surface area contributed by atoms with E-state index in [0.717, 1.165) is 0 Å².